The molecule has 100 valence electrons. The molecule has 4 nitrogen and oxygen atoms in total. The van der Waals surface area contributed by atoms with Crippen LogP contribution >= 0.6 is 11.3 Å². The van der Waals surface area contributed by atoms with Gasteiger partial charge in [-0.2, -0.15) is 11.3 Å². The molecular weight excluding hydrogens is 250 g/mol. The molecular formula is C13H19NO3S. The Kier molecular flexibility index (Phi) is 4.37. The van der Waals surface area contributed by atoms with Crippen LogP contribution in [0.4, 0.5) is 0 Å². The fourth-order valence-electron chi connectivity index (χ4n) is 2.56. The van der Waals surface area contributed by atoms with E-state index in [1.54, 1.807) is 11.3 Å². The monoisotopic (exact) mass is 269 g/mol. The number of methoxy groups -OCH3 is 1. The van der Waals surface area contributed by atoms with Gasteiger partial charge in [0.05, 0.1) is 13.2 Å². The summed E-state index contributed by atoms with van der Waals surface area (Å²) >= 11 is 1.68. The highest BCUT2D eigenvalue weighted by Gasteiger charge is 2.39. The fraction of sp³-hybridized carbons (Fsp3) is 0.615. The molecule has 0 radical (unpaired) electrons. The Morgan fingerprint density at radius 3 is 3.11 bits per heavy atom. The van der Waals surface area contributed by atoms with Gasteiger partial charge in [0.1, 0.15) is 6.04 Å². The van der Waals surface area contributed by atoms with E-state index in [1.165, 1.54) is 12.7 Å². The summed E-state index contributed by atoms with van der Waals surface area (Å²) in [6, 6.07) is 2.01. The van der Waals surface area contributed by atoms with E-state index in [0.717, 1.165) is 6.42 Å². The summed E-state index contributed by atoms with van der Waals surface area (Å²) in [6.07, 6.45) is 0.934. The van der Waals surface area contributed by atoms with Crippen LogP contribution in [0.3, 0.4) is 0 Å². The third kappa shape index (κ3) is 2.91. The van der Waals surface area contributed by atoms with Gasteiger partial charge >= 0.3 is 5.97 Å². The number of aliphatic hydroxyl groups excluding tert-OH is 1. The SMILES string of the molecule is COC(=O)[C@@H]1C[C@H](O)CN1[C@H](C)Cc1ccsc1. The Morgan fingerprint density at radius 2 is 2.50 bits per heavy atom. The molecule has 0 unspecified atom stereocenters. The Labute approximate surface area is 111 Å². The molecule has 5 heteroatoms. The van der Waals surface area contributed by atoms with Crippen LogP contribution < -0.4 is 0 Å². The first kappa shape index (κ1) is 13.5. The van der Waals surface area contributed by atoms with Crippen LogP contribution in [0.25, 0.3) is 0 Å². The molecule has 1 aromatic rings. The lowest BCUT2D eigenvalue weighted by Gasteiger charge is -2.28. The van der Waals surface area contributed by atoms with Gasteiger partial charge in [0.15, 0.2) is 0 Å². The highest BCUT2D eigenvalue weighted by molar-refractivity contribution is 7.07. The number of likely N-dealkylation sites (tertiary alicyclic amines) is 1. The lowest BCUT2D eigenvalue weighted by molar-refractivity contribution is -0.146. The quantitative estimate of drug-likeness (QED) is 0.837. The maximum absolute atomic E-state index is 11.7. The van der Waals surface area contributed by atoms with Crippen molar-refractivity contribution >= 4 is 17.3 Å². The molecule has 1 saturated heterocycles. The lowest BCUT2D eigenvalue weighted by atomic mass is 10.1. The van der Waals surface area contributed by atoms with Crippen molar-refractivity contribution in [2.45, 2.75) is 38.0 Å². The molecule has 1 fully saturated rings. The molecule has 18 heavy (non-hydrogen) atoms. The van der Waals surface area contributed by atoms with Crippen LogP contribution in [-0.2, 0) is 16.0 Å². The van der Waals surface area contributed by atoms with E-state index in [9.17, 15) is 9.90 Å². The second-order valence-electron chi connectivity index (χ2n) is 4.81. The minimum atomic E-state index is -0.431. The summed E-state index contributed by atoms with van der Waals surface area (Å²) < 4.78 is 4.81. The van der Waals surface area contributed by atoms with E-state index >= 15 is 0 Å². The maximum Gasteiger partial charge on any atom is 0.323 e. The number of carbonyl (C=O) groups is 1. The molecule has 0 aliphatic carbocycles. The van der Waals surface area contributed by atoms with Gasteiger partial charge in [0.25, 0.3) is 0 Å². The summed E-state index contributed by atoms with van der Waals surface area (Å²) in [5.41, 5.74) is 1.28. The Bertz CT molecular complexity index is 393. The van der Waals surface area contributed by atoms with Gasteiger partial charge in [-0.3, -0.25) is 9.69 Å². The molecule has 1 aliphatic heterocycles. The van der Waals surface area contributed by atoms with Gasteiger partial charge in [-0.1, -0.05) is 0 Å². The maximum atomic E-state index is 11.7. The van der Waals surface area contributed by atoms with E-state index in [4.69, 9.17) is 4.74 Å². The summed E-state index contributed by atoms with van der Waals surface area (Å²) in [7, 11) is 1.40. The lowest BCUT2D eigenvalue weighted by Crippen LogP contribution is -2.43. The Balaban J connectivity index is 2.03. The van der Waals surface area contributed by atoms with Gasteiger partial charge in [-0.05, 0) is 35.7 Å². The van der Waals surface area contributed by atoms with Crippen molar-refractivity contribution in [2.75, 3.05) is 13.7 Å². The first-order chi connectivity index (χ1) is 8.61. The van der Waals surface area contributed by atoms with Crippen LogP contribution in [0.1, 0.15) is 18.9 Å². The van der Waals surface area contributed by atoms with Gasteiger partial charge in [-0.15, -0.1) is 0 Å². The Morgan fingerprint density at radius 1 is 1.72 bits per heavy atom. The smallest absolute Gasteiger partial charge is 0.323 e. The number of carbonyl (C=O) groups excluding carboxylic acids is 1. The van der Waals surface area contributed by atoms with E-state index in [-0.39, 0.29) is 18.1 Å². The summed E-state index contributed by atoms with van der Waals surface area (Å²) in [4.78, 5) is 13.8. The number of rotatable bonds is 4. The zero-order chi connectivity index (χ0) is 13.1. The summed E-state index contributed by atoms with van der Waals surface area (Å²) in [5, 5.41) is 13.9. The Hall–Kier alpha value is -0.910. The summed E-state index contributed by atoms with van der Waals surface area (Å²) in [6.45, 7) is 2.64. The topological polar surface area (TPSA) is 49.8 Å². The second-order valence-corrected chi connectivity index (χ2v) is 5.59. The number of esters is 1. The van der Waals surface area contributed by atoms with Crippen molar-refractivity contribution in [1.82, 2.24) is 4.90 Å². The third-order valence-electron chi connectivity index (χ3n) is 3.47. The number of ether oxygens (including phenoxy) is 1. The standard InChI is InChI=1S/C13H19NO3S/c1-9(5-10-3-4-18-8-10)14-7-11(15)6-12(14)13(16)17-2/h3-4,8-9,11-12,15H,5-7H2,1-2H3/t9-,11+,12+/m1/s1. The van der Waals surface area contributed by atoms with Gasteiger partial charge < -0.3 is 9.84 Å². The minimum absolute atomic E-state index is 0.223. The van der Waals surface area contributed by atoms with E-state index in [2.05, 4.69) is 23.8 Å². The molecule has 3 atom stereocenters. The number of hydrogen-bond donors (Lipinski definition) is 1. The van der Waals surface area contributed by atoms with E-state index < -0.39 is 6.10 Å². The number of hydrogen-bond acceptors (Lipinski definition) is 5. The van der Waals surface area contributed by atoms with Crippen molar-refractivity contribution in [3.8, 4) is 0 Å². The first-order valence-corrected chi connectivity index (χ1v) is 7.08. The molecule has 1 aromatic heterocycles. The van der Waals surface area contributed by atoms with Crippen LogP contribution in [0.2, 0.25) is 0 Å². The molecule has 0 spiro atoms. The first-order valence-electron chi connectivity index (χ1n) is 6.14. The number of β-amino-alcohol motifs (C(OH)–C–C–N with tert-alkyl or cyclic N) is 1. The van der Waals surface area contributed by atoms with Gasteiger partial charge in [0.2, 0.25) is 0 Å². The van der Waals surface area contributed by atoms with Crippen LogP contribution in [-0.4, -0.2) is 47.8 Å². The predicted octanol–water partition coefficient (Wildman–Crippen LogP) is 1.29. The van der Waals surface area contributed by atoms with E-state index in [1.807, 2.05) is 4.90 Å². The molecule has 0 amide bonds. The molecule has 0 saturated carbocycles. The van der Waals surface area contributed by atoms with E-state index in [0.29, 0.717) is 13.0 Å². The average molecular weight is 269 g/mol. The van der Waals surface area contributed by atoms with Crippen LogP contribution in [0.15, 0.2) is 16.8 Å². The van der Waals surface area contributed by atoms with Crippen molar-refractivity contribution in [1.29, 1.82) is 0 Å². The third-order valence-corrected chi connectivity index (χ3v) is 4.20. The molecule has 2 heterocycles. The molecule has 0 aromatic carbocycles. The zero-order valence-corrected chi connectivity index (χ0v) is 11.5. The molecule has 0 bridgehead atoms. The van der Waals surface area contributed by atoms with Crippen LogP contribution in [0, 0.1) is 0 Å². The van der Waals surface area contributed by atoms with Crippen molar-refractivity contribution in [3.05, 3.63) is 22.4 Å². The minimum Gasteiger partial charge on any atom is -0.468 e. The normalized spacial score (nSPS) is 26.2. The second kappa shape index (κ2) is 5.82. The van der Waals surface area contributed by atoms with Crippen molar-refractivity contribution < 1.29 is 14.6 Å². The molecule has 1 aliphatic rings. The van der Waals surface area contributed by atoms with Crippen molar-refractivity contribution in [3.63, 3.8) is 0 Å². The van der Waals surface area contributed by atoms with Crippen molar-refractivity contribution in [2.24, 2.45) is 0 Å². The number of aliphatic hydroxyl groups is 1. The highest BCUT2D eigenvalue weighted by Crippen LogP contribution is 2.23. The van der Waals surface area contributed by atoms with Crippen LogP contribution in [0.5, 0.6) is 0 Å². The largest absolute Gasteiger partial charge is 0.468 e. The zero-order valence-electron chi connectivity index (χ0n) is 10.7. The fourth-order valence-corrected chi connectivity index (χ4v) is 3.24. The molecule has 2 rings (SSSR count). The number of nitrogens with zero attached hydrogens (tertiary/aromatic N) is 1. The molecule has 1 N–H and O–H groups in total. The predicted molar refractivity (Wildman–Crippen MR) is 70.6 cm³/mol. The summed E-state index contributed by atoms with van der Waals surface area (Å²) in [5.74, 6) is -0.247. The van der Waals surface area contributed by atoms with Gasteiger partial charge in [-0.25, -0.2) is 0 Å². The van der Waals surface area contributed by atoms with Gasteiger partial charge in [0, 0.05) is 19.0 Å². The average Bonchev–Trinajstić information content (AvgIpc) is 2.97. The highest BCUT2D eigenvalue weighted by atomic mass is 32.1. The number of thiophene rings is 1.